The van der Waals surface area contributed by atoms with Gasteiger partial charge >= 0.3 is 6.03 Å². The van der Waals surface area contributed by atoms with Crippen LogP contribution in [0.25, 0.3) is 10.8 Å². The smallest absolute Gasteiger partial charge is 0.332 e. The Balaban J connectivity index is 1.28. The van der Waals surface area contributed by atoms with E-state index in [-0.39, 0.29) is 24.4 Å². The molecule has 0 radical (unpaired) electrons. The molecule has 45 heavy (non-hydrogen) atoms. The number of rotatable bonds is 9. The van der Waals surface area contributed by atoms with Crippen LogP contribution in [0.3, 0.4) is 0 Å². The number of hydrazine groups is 1. The summed E-state index contributed by atoms with van der Waals surface area (Å²) in [4.78, 5) is 44.8. The lowest BCUT2D eigenvalue weighted by Gasteiger charge is -2.46. The minimum atomic E-state index is -0.675. The fraction of sp³-hybridized carbons (Fsp3) is 0.324. The summed E-state index contributed by atoms with van der Waals surface area (Å²) in [7, 11) is 1.69. The zero-order valence-corrected chi connectivity index (χ0v) is 26.2. The summed E-state index contributed by atoms with van der Waals surface area (Å²) >= 11 is 0. The van der Waals surface area contributed by atoms with Gasteiger partial charge in [-0.15, -0.1) is 0 Å². The molecule has 2 aliphatic rings. The number of hydrogen-bond donors (Lipinski definition) is 1. The molecule has 3 atom stereocenters. The molecule has 1 unspecified atom stereocenters. The molecule has 0 spiro atoms. The van der Waals surface area contributed by atoms with Gasteiger partial charge in [0, 0.05) is 26.6 Å². The Morgan fingerprint density at radius 2 is 1.62 bits per heavy atom. The minimum absolute atomic E-state index is 0.0266. The standard InChI is InChI=1S/C37H41N5O3/c1-4-26(2)29-19-17-27(18-20-29)21-33-36(44)40(23-31-15-10-14-30-13-8-9-16-32(30)31)24-34-41(25-35(43)42(33)34)39(3)37(45)38-22-28-11-6-5-7-12-28/h5-20,26,33-34H,4,21-25H2,1-3H3,(H,38,45)/t26?,33-,34+/m0/s1. The number of benzene rings is 4. The van der Waals surface area contributed by atoms with Gasteiger partial charge in [-0.3, -0.25) is 14.6 Å². The van der Waals surface area contributed by atoms with E-state index in [0.29, 0.717) is 32.0 Å². The van der Waals surface area contributed by atoms with Crippen molar-refractivity contribution in [3.63, 3.8) is 0 Å². The Morgan fingerprint density at radius 1 is 0.911 bits per heavy atom. The number of amides is 4. The second-order valence-electron chi connectivity index (χ2n) is 12.2. The van der Waals surface area contributed by atoms with Crippen LogP contribution >= 0.6 is 0 Å². The van der Waals surface area contributed by atoms with Gasteiger partial charge in [0.1, 0.15) is 12.2 Å². The van der Waals surface area contributed by atoms with Crippen molar-refractivity contribution in [1.29, 1.82) is 0 Å². The van der Waals surface area contributed by atoms with E-state index in [9.17, 15) is 14.4 Å². The molecule has 2 fully saturated rings. The number of carbonyl (C=O) groups is 3. The number of carbonyl (C=O) groups excluding carboxylic acids is 3. The van der Waals surface area contributed by atoms with E-state index in [1.165, 1.54) is 10.6 Å². The molecule has 4 amide bonds. The highest BCUT2D eigenvalue weighted by Crippen LogP contribution is 2.31. The van der Waals surface area contributed by atoms with Crippen LogP contribution in [0.4, 0.5) is 4.79 Å². The van der Waals surface area contributed by atoms with Crippen molar-refractivity contribution >= 4 is 28.6 Å². The fourth-order valence-electron chi connectivity index (χ4n) is 6.53. The van der Waals surface area contributed by atoms with Crippen molar-refractivity contribution in [2.75, 3.05) is 20.1 Å². The van der Waals surface area contributed by atoms with Gasteiger partial charge in [-0.1, -0.05) is 111 Å². The van der Waals surface area contributed by atoms with Crippen LogP contribution in [0.5, 0.6) is 0 Å². The maximum absolute atomic E-state index is 14.3. The molecule has 232 valence electrons. The van der Waals surface area contributed by atoms with Gasteiger partial charge in [0.05, 0.1) is 13.1 Å². The SMILES string of the molecule is CCC(C)c1ccc(C[C@H]2C(=O)N(Cc3cccc4ccccc34)C[C@H]3N2C(=O)CN3N(C)C(=O)NCc2ccccc2)cc1. The van der Waals surface area contributed by atoms with E-state index in [4.69, 9.17) is 0 Å². The van der Waals surface area contributed by atoms with E-state index in [0.717, 1.165) is 33.9 Å². The fourth-order valence-corrected chi connectivity index (χ4v) is 6.53. The summed E-state index contributed by atoms with van der Waals surface area (Å²) in [6.45, 7) is 5.50. The van der Waals surface area contributed by atoms with Gasteiger partial charge in [0.2, 0.25) is 11.8 Å². The topological polar surface area (TPSA) is 76.2 Å². The first-order chi connectivity index (χ1) is 21.8. The summed E-state index contributed by atoms with van der Waals surface area (Å²) in [5.41, 5.74) is 4.31. The number of nitrogens with zero attached hydrogens (tertiary/aromatic N) is 4. The lowest BCUT2D eigenvalue weighted by atomic mass is 9.94. The molecule has 4 aromatic rings. The highest BCUT2D eigenvalue weighted by atomic mass is 16.2. The molecular formula is C37H41N5O3. The Morgan fingerprint density at radius 3 is 2.38 bits per heavy atom. The van der Waals surface area contributed by atoms with Crippen LogP contribution in [-0.2, 0) is 29.1 Å². The van der Waals surface area contributed by atoms with Crippen molar-refractivity contribution in [1.82, 2.24) is 25.1 Å². The second kappa shape index (κ2) is 13.1. The van der Waals surface area contributed by atoms with E-state index < -0.39 is 12.2 Å². The highest BCUT2D eigenvalue weighted by molar-refractivity contribution is 5.92. The van der Waals surface area contributed by atoms with Crippen molar-refractivity contribution in [3.05, 3.63) is 119 Å². The summed E-state index contributed by atoms with van der Waals surface area (Å²) in [6.07, 6.45) is 0.989. The molecule has 8 nitrogen and oxygen atoms in total. The van der Waals surface area contributed by atoms with Crippen molar-refractivity contribution < 1.29 is 14.4 Å². The lowest BCUT2D eigenvalue weighted by molar-refractivity contribution is -0.157. The van der Waals surface area contributed by atoms with Crippen LogP contribution in [-0.4, -0.2) is 70.0 Å². The van der Waals surface area contributed by atoms with Crippen molar-refractivity contribution in [2.24, 2.45) is 0 Å². The van der Waals surface area contributed by atoms with E-state index >= 15 is 0 Å². The third-order valence-electron chi connectivity index (χ3n) is 9.36. The largest absolute Gasteiger partial charge is 0.333 e. The Labute approximate surface area is 265 Å². The van der Waals surface area contributed by atoms with Crippen LogP contribution in [0.15, 0.2) is 97.1 Å². The first-order valence-corrected chi connectivity index (χ1v) is 15.8. The van der Waals surface area contributed by atoms with Gasteiger partial charge in [-0.25, -0.2) is 4.79 Å². The summed E-state index contributed by atoms with van der Waals surface area (Å²) in [6, 6.07) is 31.5. The second-order valence-corrected chi connectivity index (χ2v) is 12.2. The number of piperazine rings is 1. The third kappa shape index (κ3) is 6.28. The zero-order valence-electron chi connectivity index (χ0n) is 26.2. The molecule has 8 heteroatoms. The predicted octanol–water partition coefficient (Wildman–Crippen LogP) is 5.53. The van der Waals surface area contributed by atoms with Gasteiger partial charge in [-0.05, 0) is 45.4 Å². The molecule has 1 N–H and O–H groups in total. The summed E-state index contributed by atoms with van der Waals surface area (Å²) in [5.74, 6) is 0.229. The van der Waals surface area contributed by atoms with Crippen LogP contribution in [0.2, 0.25) is 0 Å². The molecule has 6 rings (SSSR count). The normalized spacial score (nSPS) is 19.1. The Bertz CT molecular complexity index is 1670. The Kier molecular flexibility index (Phi) is 8.85. The maximum atomic E-state index is 14.3. The summed E-state index contributed by atoms with van der Waals surface area (Å²) < 4.78 is 0. The molecular weight excluding hydrogens is 562 g/mol. The molecule has 0 saturated carbocycles. The molecule has 4 aromatic carbocycles. The van der Waals surface area contributed by atoms with Crippen molar-refractivity contribution in [3.8, 4) is 0 Å². The summed E-state index contributed by atoms with van der Waals surface area (Å²) in [5, 5.41) is 8.48. The molecule has 2 heterocycles. The molecule has 2 aliphatic heterocycles. The van der Waals surface area contributed by atoms with Crippen LogP contribution in [0, 0.1) is 0 Å². The average molecular weight is 604 g/mol. The zero-order chi connectivity index (χ0) is 31.5. The van der Waals surface area contributed by atoms with Gasteiger partial charge in [-0.2, -0.15) is 5.01 Å². The lowest BCUT2D eigenvalue weighted by Crippen LogP contribution is -2.65. The van der Waals surface area contributed by atoms with Crippen molar-refractivity contribution in [2.45, 2.75) is 57.9 Å². The number of hydrogen-bond acceptors (Lipinski definition) is 4. The maximum Gasteiger partial charge on any atom is 0.332 e. The predicted molar refractivity (Wildman–Crippen MR) is 176 cm³/mol. The van der Waals surface area contributed by atoms with Crippen LogP contribution in [0.1, 0.15) is 48.4 Å². The first kappa shape index (κ1) is 30.3. The Hall–Kier alpha value is -4.69. The monoisotopic (exact) mass is 603 g/mol. The quantitative estimate of drug-likeness (QED) is 0.273. The van der Waals surface area contributed by atoms with E-state index in [2.05, 4.69) is 67.7 Å². The molecule has 0 aromatic heterocycles. The van der Waals surface area contributed by atoms with Gasteiger partial charge in [0.25, 0.3) is 0 Å². The molecule has 0 aliphatic carbocycles. The number of fused-ring (bicyclic) bond motifs is 2. The molecule has 2 saturated heterocycles. The third-order valence-corrected chi connectivity index (χ3v) is 9.36. The average Bonchev–Trinajstić information content (AvgIpc) is 3.40. The minimum Gasteiger partial charge on any atom is -0.333 e. The van der Waals surface area contributed by atoms with E-state index in [1.807, 2.05) is 53.4 Å². The first-order valence-electron chi connectivity index (χ1n) is 15.8. The van der Waals surface area contributed by atoms with Crippen LogP contribution < -0.4 is 5.32 Å². The number of nitrogens with one attached hydrogen (secondary N) is 1. The molecule has 0 bridgehead atoms. The van der Waals surface area contributed by atoms with Gasteiger partial charge in [0.15, 0.2) is 0 Å². The van der Waals surface area contributed by atoms with E-state index in [1.54, 1.807) is 17.0 Å². The highest BCUT2D eigenvalue weighted by Gasteiger charge is 2.51. The van der Waals surface area contributed by atoms with Gasteiger partial charge < -0.3 is 15.1 Å². The number of urea groups is 1.